The zero-order chi connectivity index (χ0) is 21.8. The van der Waals surface area contributed by atoms with Gasteiger partial charge in [-0.1, -0.05) is 12.1 Å². The molecule has 6 nitrogen and oxygen atoms in total. The van der Waals surface area contributed by atoms with Gasteiger partial charge in [0.1, 0.15) is 17.4 Å². The Labute approximate surface area is 182 Å². The Bertz CT molecular complexity index is 1030. The Balaban J connectivity index is 1.35. The monoisotopic (exact) mass is 423 g/mol. The third-order valence-electron chi connectivity index (χ3n) is 5.89. The molecule has 1 fully saturated rings. The lowest BCUT2D eigenvalue weighted by Crippen LogP contribution is -2.37. The first-order valence-electron chi connectivity index (χ1n) is 10.8. The van der Waals surface area contributed by atoms with E-state index in [9.17, 15) is 4.39 Å². The standard InChI is InChI=1S/C24H30FN5O/c1-30(2)23-20-6-4-5-7-21(20)28-24(29-23)27-19-11-9-18(10-12-19)26-15-16-14-17(25)8-13-22(16)31-3/h4-8,13-14,18-19,26H,9-12,15H2,1-3H3,(H,27,28,29). The molecule has 4 rings (SSSR count). The topological polar surface area (TPSA) is 62.3 Å². The summed E-state index contributed by atoms with van der Waals surface area (Å²) in [5, 5.41) is 8.16. The van der Waals surface area contributed by atoms with Gasteiger partial charge in [-0.25, -0.2) is 9.37 Å². The van der Waals surface area contributed by atoms with E-state index in [1.807, 2.05) is 37.2 Å². The number of nitrogens with zero attached hydrogens (tertiary/aromatic N) is 3. The van der Waals surface area contributed by atoms with Crippen molar-refractivity contribution in [2.75, 3.05) is 31.4 Å². The highest BCUT2D eigenvalue weighted by molar-refractivity contribution is 5.90. The van der Waals surface area contributed by atoms with Gasteiger partial charge in [-0.3, -0.25) is 0 Å². The molecular formula is C24H30FN5O. The minimum Gasteiger partial charge on any atom is -0.496 e. The molecule has 0 aliphatic heterocycles. The van der Waals surface area contributed by atoms with Gasteiger partial charge in [0.2, 0.25) is 5.95 Å². The van der Waals surface area contributed by atoms with Crippen molar-refractivity contribution in [3.8, 4) is 5.75 Å². The molecule has 0 atom stereocenters. The number of para-hydroxylation sites is 1. The SMILES string of the molecule is COc1ccc(F)cc1CNC1CCC(Nc2nc(N(C)C)c3ccccc3n2)CC1. The molecule has 1 aromatic heterocycles. The Morgan fingerprint density at radius 1 is 1.03 bits per heavy atom. The lowest BCUT2D eigenvalue weighted by atomic mass is 9.91. The summed E-state index contributed by atoms with van der Waals surface area (Å²) >= 11 is 0. The number of halogens is 1. The first kappa shape index (κ1) is 21.3. The van der Waals surface area contributed by atoms with Gasteiger partial charge >= 0.3 is 0 Å². The van der Waals surface area contributed by atoms with Gasteiger partial charge in [-0.15, -0.1) is 0 Å². The molecule has 0 amide bonds. The van der Waals surface area contributed by atoms with E-state index in [0.717, 1.165) is 53.7 Å². The molecule has 3 aromatic rings. The second-order valence-corrected chi connectivity index (χ2v) is 8.31. The number of anilines is 2. The molecule has 0 unspecified atom stereocenters. The van der Waals surface area contributed by atoms with E-state index in [0.29, 0.717) is 24.6 Å². The number of hydrogen-bond acceptors (Lipinski definition) is 6. The summed E-state index contributed by atoms with van der Waals surface area (Å²) in [5.74, 6) is 2.09. The predicted molar refractivity (Wildman–Crippen MR) is 123 cm³/mol. The summed E-state index contributed by atoms with van der Waals surface area (Å²) in [6, 6.07) is 13.5. The second kappa shape index (κ2) is 9.47. The van der Waals surface area contributed by atoms with E-state index in [2.05, 4.69) is 16.7 Å². The number of ether oxygens (including phenoxy) is 1. The summed E-state index contributed by atoms with van der Waals surface area (Å²) in [6.45, 7) is 0.601. The third kappa shape index (κ3) is 5.05. The molecule has 0 radical (unpaired) electrons. The van der Waals surface area contributed by atoms with E-state index >= 15 is 0 Å². The maximum absolute atomic E-state index is 13.6. The lowest BCUT2D eigenvalue weighted by molar-refractivity contribution is 0.347. The van der Waals surface area contributed by atoms with Gasteiger partial charge in [0.25, 0.3) is 0 Å². The molecule has 31 heavy (non-hydrogen) atoms. The van der Waals surface area contributed by atoms with Crippen molar-refractivity contribution >= 4 is 22.7 Å². The Hall–Kier alpha value is -2.93. The zero-order valence-electron chi connectivity index (χ0n) is 18.4. The average Bonchev–Trinajstić information content (AvgIpc) is 2.78. The van der Waals surface area contributed by atoms with Crippen molar-refractivity contribution in [2.45, 2.75) is 44.3 Å². The number of nitrogens with one attached hydrogen (secondary N) is 2. The van der Waals surface area contributed by atoms with E-state index < -0.39 is 0 Å². The van der Waals surface area contributed by atoms with Crippen LogP contribution in [-0.2, 0) is 6.54 Å². The van der Waals surface area contributed by atoms with Crippen LogP contribution in [-0.4, -0.2) is 43.3 Å². The van der Waals surface area contributed by atoms with E-state index in [1.54, 1.807) is 19.2 Å². The largest absolute Gasteiger partial charge is 0.496 e. The summed E-state index contributed by atoms with van der Waals surface area (Å²) in [6.07, 6.45) is 4.16. The Morgan fingerprint density at radius 2 is 1.77 bits per heavy atom. The van der Waals surface area contributed by atoms with Crippen molar-refractivity contribution in [2.24, 2.45) is 0 Å². The van der Waals surface area contributed by atoms with Crippen LogP contribution in [0.15, 0.2) is 42.5 Å². The molecule has 0 saturated heterocycles. The van der Waals surface area contributed by atoms with Crippen LogP contribution in [0.2, 0.25) is 0 Å². The number of hydrogen-bond donors (Lipinski definition) is 2. The lowest BCUT2D eigenvalue weighted by Gasteiger charge is -2.30. The van der Waals surface area contributed by atoms with Crippen molar-refractivity contribution < 1.29 is 9.13 Å². The molecule has 164 valence electrons. The molecule has 1 heterocycles. The minimum absolute atomic E-state index is 0.238. The first-order valence-corrected chi connectivity index (χ1v) is 10.8. The number of fused-ring (bicyclic) bond motifs is 1. The quantitative estimate of drug-likeness (QED) is 0.589. The highest BCUT2D eigenvalue weighted by Crippen LogP contribution is 2.27. The maximum Gasteiger partial charge on any atom is 0.225 e. The number of benzene rings is 2. The van der Waals surface area contributed by atoms with Crippen molar-refractivity contribution in [1.29, 1.82) is 0 Å². The average molecular weight is 424 g/mol. The molecule has 2 aromatic carbocycles. The Morgan fingerprint density at radius 3 is 2.52 bits per heavy atom. The van der Waals surface area contributed by atoms with Crippen LogP contribution >= 0.6 is 0 Å². The fourth-order valence-electron chi connectivity index (χ4n) is 4.23. The number of rotatable bonds is 7. The second-order valence-electron chi connectivity index (χ2n) is 8.31. The van der Waals surface area contributed by atoms with Gasteiger partial charge in [0.15, 0.2) is 0 Å². The van der Waals surface area contributed by atoms with Gasteiger partial charge in [0.05, 0.1) is 12.6 Å². The Kier molecular flexibility index (Phi) is 6.51. The molecule has 0 spiro atoms. The summed E-state index contributed by atoms with van der Waals surface area (Å²) in [7, 11) is 5.62. The third-order valence-corrected chi connectivity index (χ3v) is 5.89. The first-order chi connectivity index (χ1) is 15.0. The van der Waals surface area contributed by atoms with Crippen molar-refractivity contribution in [3.63, 3.8) is 0 Å². The van der Waals surface area contributed by atoms with E-state index in [1.165, 1.54) is 6.07 Å². The van der Waals surface area contributed by atoms with Gasteiger partial charge in [0, 0.05) is 43.7 Å². The molecule has 0 bridgehead atoms. The highest BCUT2D eigenvalue weighted by atomic mass is 19.1. The van der Waals surface area contributed by atoms with Crippen LogP contribution in [0.1, 0.15) is 31.2 Å². The van der Waals surface area contributed by atoms with E-state index in [-0.39, 0.29) is 5.82 Å². The summed E-state index contributed by atoms with van der Waals surface area (Å²) < 4.78 is 18.9. The normalized spacial score (nSPS) is 18.7. The maximum atomic E-state index is 13.6. The zero-order valence-corrected chi connectivity index (χ0v) is 18.4. The predicted octanol–water partition coefficient (Wildman–Crippen LogP) is 4.36. The minimum atomic E-state index is -0.238. The summed E-state index contributed by atoms with van der Waals surface area (Å²) in [5.41, 5.74) is 1.80. The van der Waals surface area contributed by atoms with Gasteiger partial charge in [-0.05, 0) is 56.0 Å². The van der Waals surface area contributed by atoms with Crippen molar-refractivity contribution in [1.82, 2.24) is 15.3 Å². The van der Waals surface area contributed by atoms with Crippen LogP contribution in [0.3, 0.4) is 0 Å². The fraction of sp³-hybridized carbons (Fsp3) is 0.417. The van der Waals surface area contributed by atoms with Crippen LogP contribution in [0.25, 0.3) is 10.9 Å². The molecule has 1 aliphatic rings. The van der Waals surface area contributed by atoms with Gasteiger partial charge < -0.3 is 20.3 Å². The van der Waals surface area contributed by atoms with Crippen molar-refractivity contribution in [3.05, 3.63) is 53.8 Å². The number of methoxy groups -OCH3 is 1. The molecule has 1 aliphatic carbocycles. The van der Waals surface area contributed by atoms with Crippen LogP contribution in [0, 0.1) is 5.82 Å². The van der Waals surface area contributed by atoms with E-state index in [4.69, 9.17) is 14.7 Å². The smallest absolute Gasteiger partial charge is 0.225 e. The molecule has 2 N–H and O–H groups in total. The summed E-state index contributed by atoms with van der Waals surface area (Å²) in [4.78, 5) is 11.5. The molecular weight excluding hydrogens is 393 g/mol. The molecule has 1 saturated carbocycles. The van der Waals surface area contributed by atoms with Crippen LogP contribution < -0.4 is 20.3 Å². The highest BCUT2D eigenvalue weighted by Gasteiger charge is 2.22. The van der Waals surface area contributed by atoms with Gasteiger partial charge in [-0.2, -0.15) is 4.98 Å². The fourth-order valence-corrected chi connectivity index (χ4v) is 4.23. The number of aromatic nitrogens is 2. The molecule has 7 heteroatoms. The van der Waals surface area contributed by atoms with Crippen LogP contribution in [0.5, 0.6) is 5.75 Å². The van der Waals surface area contributed by atoms with Crippen LogP contribution in [0.4, 0.5) is 16.2 Å².